The van der Waals surface area contributed by atoms with E-state index < -0.39 is 11.9 Å². The second kappa shape index (κ2) is 5.08. The van der Waals surface area contributed by atoms with E-state index in [0.29, 0.717) is 29.3 Å². The Bertz CT molecular complexity index is 726. The van der Waals surface area contributed by atoms with Crippen molar-refractivity contribution in [2.24, 2.45) is 5.92 Å². The lowest BCUT2D eigenvalue weighted by atomic mass is 9.95. The van der Waals surface area contributed by atoms with Gasteiger partial charge in [-0.2, -0.15) is 0 Å². The number of hydrogen-bond acceptors (Lipinski definition) is 2. The van der Waals surface area contributed by atoms with E-state index in [4.69, 9.17) is 0 Å². The SMILES string of the molecule is CN1C(=O)NC(c2ccccc2F)C2=C1CN(CC1CC1)C2=O. The Morgan fingerprint density at radius 3 is 2.70 bits per heavy atom. The van der Waals surface area contributed by atoms with Crippen molar-refractivity contribution in [3.63, 3.8) is 0 Å². The molecule has 1 aromatic rings. The van der Waals surface area contributed by atoms with Gasteiger partial charge in [0, 0.05) is 19.2 Å². The summed E-state index contributed by atoms with van der Waals surface area (Å²) >= 11 is 0. The normalized spacial score (nSPS) is 24.2. The minimum Gasteiger partial charge on any atom is -0.333 e. The predicted octanol–water partition coefficient (Wildman–Crippen LogP) is 2.03. The summed E-state index contributed by atoms with van der Waals surface area (Å²) in [6.07, 6.45) is 2.30. The minimum absolute atomic E-state index is 0.0907. The summed E-state index contributed by atoms with van der Waals surface area (Å²) in [6, 6.07) is 5.25. The van der Waals surface area contributed by atoms with Gasteiger partial charge in [-0.1, -0.05) is 18.2 Å². The monoisotopic (exact) mass is 315 g/mol. The molecule has 1 fully saturated rings. The summed E-state index contributed by atoms with van der Waals surface area (Å²) in [4.78, 5) is 28.3. The number of carbonyl (C=O) groups is 2. The summed E-state index contributed by atoms with van der Waals surface area (Å²) in [6.45, 7) is 1.15. The molecule has 1 aromatic carbocycles. The van der Waals surface area contributed by atoms with Crippen LogP contribution in [0.4, 0.5) is 9.18 Å². The third kappa shape index (κ3) is 2.29. The fourth-order valence-electron chi connectivity index (χ4n) is 3.33. The summed E-state index contributed by atoms with van der Waals surface area (Å²) in [5.41, 5.74) is 1.52. The number of halogens is 1. The first-order chi connectivity index (χ1) is 11.1. The lowest BCUT2D eigenvalue weighted by Crippen LogP contribution is -2.45. The summed E-state index contributed by atoms with van der Waals surface area (Å²) < 4.78 is 14.2. The van der Waals surface area contributed by atoms with Crippen LogP contribution in [-0.4, -0.2) is 41.9 Å². The van der Waals surface area contributed by atoms with Gasteiger partial charge in [0.05, 0.1) is 23.9 Å². The van der Waals surface area contributed by atoms with Crippen molar-refractivity contribution in [1.29, 1.82) is 0 Å². The maximum absolute atomic E-state index is 14.2. The number of carbonyl (C=O) groups excluding carboxylic acids is 2. The second-order valence-corrected chi connectivity index (χ2v) is 6.45. The zero-order valence-electron chi connectivity index (χ0n) is 12.9. The van der Waals surface area contributed by atoms with E-state index in [1.807, 2.05) is 0 Å². The molecule has 2 heterocycles. The van der Waals surface area contributed by atoms with Crippen LogP contribution in [0.2, 0.25) is 0 Å². The molecule has 0 spiro atoms. The third-order valence-corrected chi connectivity index (χ3v) is 4.83. The number of nitrogens with zero attached hydrogens (tertiary/aromatic N) is 2. The molecule has 0 bridgehead atoms. The first kappa shape index (κ1) is 14.2. The maximum Gasteiger partial charge on any atom is 0.322 e. The van der Waals surface area contributed by atoms with Crippen LogP contribution < -0.4 is 5.32 Å². The smallest absolute Gasteiger partial charge is 0.322 e. The van der Waals surface area contributed by atoms with Crippen molar-refractivity contribution in [1.82, 2.24) is 15.1 Å². The highest BCUT2D eigenvalue weighted by atomic mass is 19.1. The molecule has 4 rings (SSSR count). The summed E-state index contributed by atoms with van der Waals surface area (Å²) in [5.74, 6) is 0.0656. The van der Waals surface area contributed by atoms with Gasteiger partial charge in [0.2, 0.25) is 0 Å². The Hall–Kier alpha value is -2.37. The molecule has 2 aliphatic heterocycles. The Morgan fingerprint density at radius 2 is 2.00 bits per heavy atom. The average molecular weight is 315 g/mol. The highest BCUT2D eigenvalue weighted by Crippen LogP contribution is 2.38. The van der Waals surface area contributed by atoms with Crippen LogP contribution in [0.1, 0.15) is 24.4 Å². The number of hydrogen-bond donors (Lipinski definition) is 1. The minimum atomic E-state index is -0.716. The fraction of sp³-hybridized carbons (Fsp3) is 0.412. The molecule has 1 unspecified atom stereocenters. The van der Waals surface area contributed by atoms with E-state index in [0.717, 1.165) is 19.4 Å². The molecule has 3 aliphatic rings. The fourth-order valence-corrected chi connectivity index (χ4v) is 3.33. The number of urea groups is 1. The third-order valence-electron chi connectivity index (χ3n) is 4.83. The average Bonchev–Trinajstić information content (AvgIpc) is 3.28. The quantitative estimate of drug-likeness (QED) is 0.928. The van der Waals surface area contributed by atoms with Gasteiger partial charge in [0.25, 0.3) is 5.91 Å². The van der Waals surface area contributed by atoms with Gasteiger partial charge in [0.1, 0.15) is 5.82 Å². The molecule has 1 N–H and O–H groups in total. The Morgan fingerprint density at radius 1 is 1.26 bits per heavy atom. The zero-order valence-corrected chi connectivity index (χ0v) is 12.9. The van der Waals surface area contributed by atoms with Crippen LogP contribution >= 0.6 is 0 Å². The molecular weight excluding hydrogens is 297 g/mol. The highest BCUT2D eigenvalue weighted by molar-refractivity contribution is 6.01. The lowest BCUT2D eigenvalue weighted by molar-refractivity contribution is -0.126. The highest BCUT2D eigenvalue weighted by Gasteiger charge is 2.44. The molecule has 6 heteroatoms. The lowest BCUT2D eigenvalue weighted by Gasteiger charge is -2.31. The van der Waals surface area contributed by atoms with Crippen LogP contribution in [0.3, 0.4) is 0 Å². The Balaban J connectivity index is 1.73. The van der Waals surface area contributed by atoms with E-state index in [1.165, 1.54) is 11.0 Å². The number of benzene rings is 1. The van der Waals surface area contributed by atoms with Gasteiger partial charge in [-0.05, 0) is 24.8 Å². The predicted molar refractivity (Wildman–Crippen MR) is 81.8 cm³/mol. The molecule has 0 radical (unpaired) electrons. The van der Waals surface area contributed by atoms with Gasteiger partial charge in [-0.15, -0.1) is 0 Å². The molecule has 1 saturated carbocycles. The molecule has 3 amide bonds. The molecule has 5 nitrogen and oxygen atoms in total. The first-order valence-electron chi connectivity index (χ1n) is 7.87. The van der Waals surface area contributed by atoms with Crippen molar-refractivity contribution in [3.8, 4) is 0 Å². The molecule has 23 heavy (non-hydrogen) atoms. The van der Waals surface area contributed by atoms with E-state index >= 15 is 0 Å². The van der Waals surface area contributed by atoms with Crippen molar-refractivity contribution < 1.29 is 14.0 Å². The van der Waals surface area contributed by atoms with Crippen molar-refractivity contribution in [3.05, 3.63) is 46.9 Å². The van der Waals surface area contributed by atoms with Crippen molar-refractivity contribution in [2.75, 3.05) is 20.1 Å². The van der Waals surface area contributed by atoms with Gasteiger partial charge < -0.3 is 10.2 Å². The largest absolute Gasteiger partial charge is 0.333 e. The van der Waals surface area contributed by atoms with E-state index in [2.05, 4.69) is 5.32 Å². The van der Waals surface area contributed by atoms with Gasteiger partial charge in [-0.3, -0.25) is 9.69 Å². The van der Waals surface area contributed by atoms with Crippen LogP contribution in [0, 0.1) is 11.7 Å². The summed E-state index contributed by atoms with van der Waals surface area (Å²) in [5, 5.41) is 2.76. The Kier molecular flexibility index (Phi) is 3.14. The zero-order chi connectivity index (χ0) is 16.1. The van der Waals surface area contributed by atoms with E-state index in [-0.39, 0.29) is 11.9 Å². The standard InChI is InChI=1S/C17H18FN3O2/c1-20-13-9-21(8-10-6-7-10)16(22)14(13)15(19-17(20)23)11-4-2-3-5-12(11)18/h2-5,10,15H,6-9H2,1H3,(H,19,23). The van der Waals surface area contributed by atoms with Crippen LogP contribution in [-0.2, 0) is 4.79 Å². The van der Waals surface area contributed by atoms with Crippen LogP contribution in [0.5, 0.6) is 0 Å². The van der Waals surface area contributed by atoms with Gasteiger partial charge in [-0.25, -0.2) is 9.18 Å². The number of amides is 3. The van der Waals surface area contributed by atoms with Crippen molar-refractivity contribution in [2.45, 2.75) is 18.9 Å². The molecule has 0 saturated heterocycles. The maximum atomic E-state index is 14.2. The summed E-state index contributed by atoms with van der Waals surface area (Å²) in [7, 11) is 1.65. The van der Waals surface area contributed by atoms with Crippen molar-refractivity contribution >= 4 is 11.9 Å². The number of likely N-dealkylation sites (N-methyl/N-ethyl adjacent to an activating group) is 1. The topological polar surface area (TPSA) is 52.7 Å². The van der Waals surface area contributed by atoms with Crippen LogP contribution in [0.15, 0.2) is 35.5 Å². The van der Waals surface area contributed by atoms with Gasteiger partial charge in [0.15, 0.2) is 0 Å². The van der Waals surface area contributed by atoms with E-state index in [9.17, 15) is 14.0 Å². The molecule has 0 aromatic heterocycles. The van der Waals surface area contributed by atoms with E-state index in [1.54, 1.807) is 30.1 Å². The molecule has 1 atom stereocenters. The Labute approximate surface area is 133 Å². The first-order valence-corrected chi connectivity index (χ1v) is 7.87. The second-order valence-electron chi connectivity index (χ2n) is 6.45. The van der Waals surface area contributed by atoms with Gasteiger partial charge >= 0.3 is 6.03 Å². The molecule has 1 aliphatic carbocycles. The molecule has 120 valence electrons. The van der Waals surface area contributed by atoms with Crippen LogP contribution in [0.25, 0.3) is 0 Å². The number of rotatable bonds is 3. The number of nitrogens with one attached hydrogen (secondary N) is 1. The molecular formula is C17H18FN3O2.